The van der Waals surface area contributed by atoms with Crippen LogP contribution < -0.4 is 10.6 Å². The molecule has 0 aliphatic heterocycles. The monoisotopic (exact) mass is 291 g/mol. The molecule has 0 bridgehead atoms. The first-order valence-corrected chi connectivity index (χ1v) is 7.16. The third-order valence-electron chi connectivity index (χ3n) is 3.53. The number of carbonyl (C=O) groups is 1. The minimum Gasteiger partial charge on any atom is -0.373 e. The smallest absolute Gasteiger partial charge is 0.251 e. The fourth-order valence-corrected chi connectivity index (χ4v) is 2.31. The van der Waals surface area contributed by atoms with Gasteiger partial charge in [0, 0.05) is 30.7 Å². The maximum absolute atomic E-state index is 12.1. The molecule has 1 aromatic heterocycles. The van der Waals surface area contributed by atoms with Crippen LogP contribution in [0.1, 0.15) is 15.9 Å². The fourth-order valence-electron chi connectivity index (χ4n) is 2.31. The lowest BCUT2D eigenvalue weighted by Gasteiger charge is -2.07. The molecule has 0 saturated heterocycles. The van der Waals surface area contributed by atoms with Gasteiger partial charge >= 0.3 is 0 Å². The maximum atomic E-state index is 12.1. The topological polar surface area (TPSA) is 54.0 Å². The number of nitrogens with one attached hydrogen (secondary N) is 2. The summed E-state index contributed by atoms with van der Waals surface area (Å²) in [7, 11) is 1.85. The summed E-state index contributed by atoms with van der Waals surface area (Å²) in [4.78, 5) is 16.3. The number of amides is 1. The molecule has 1 heterocycles. The average Bonchev–Trinajstić information content (AvgIpc) is 2.59. The number of hydrogen-bond donors (Lipinski definition) is 2. The van der Waals surface area contributed by atoms with Crippen LogP contribution in [0.3, 0.4) is 0 Å². The van der Waals surface area contributed by atoms with Gasteiger partial charge < -0.3 is 10.6 Å². The molecule has 3 aromatic rings. The zero-order valence-electron chi connectivity index (χ0n) is 12.3. The number of pyridine rings is 1. The van der Waals surface area contributed by atoms with Crippen molar-refractivity contribution in [2.45, 2.75) is 6.54 Å². The fraction of sp³-hybridized carbons (Fsp3) is 0.111. The molecule has 0 aliphatic rings. The number of nitrogens with zero attached hydrogens (tertiary/aromatic N) is 1. The highest BCUT2D eigenvalue weighted by atomic mass is 16.1. The molecule has 4 nitrogen and oxygen atoms in total. The van der Waals surface area contributed by atoms with Crippen molar-refractivity contribution in [2.75, 3.05) is 12.4 Å². The highest BCUT2D eigenvalue weighted by molar-refractivity contribution is 5.94. The Kier molecular flexibility index (Phi) is 4.01. The van der Waals surface area contributed by atoms with E-state index in [2.05, 4.69) is 21.7 Å². The first kappa shape index (κ1) is 14.1. The largest absolute Gasteiger partial charge is 0.373 e. The van der Waals surface area contributed by atoms with E-state index in [1.165, 1.54) is 0 Å². The Morgan fingerprint density at radius 3 is 2.64 bits per heavy atom. The van der Waals surface area contributed by atoms with Crippen molar-refractivity contribution < 1.29 is 4.79 Å². The van der Waals surface area contributed by atoms with Crippen molar-refractivity contribution in [3.8, 4) is 0 Å². The lowest BCUT2D eigenvalue weighted by atomic mass is 10.1. The number of fused-ring (bicyclic) bond motifs is 1. The van der Waals surface area contributed by atoms with Gasteiger partial charge in [0.25, 0.3) is 5.91 Å². The van der Waals surface area contributed by atoms with Gasteiger partial charge in [-0.05, 0) is 35.2 Å². The predicted molar refractivity (Wildman–Crippen MR) is 88.9 cm³/mol. The molecule has 0 spiro atoms. The second-order valence-corrected chi connectivity index (χ2v) is 5.05. The standard InChI is InChI=1S/C18H17N3O/c1-19-17-10-16-9-13(7-8-15(16)12-20-17)11-21-18(22)14-5-3-2-4-6-14/h2-10,12H,11H2,1H3,(H,19,20)(H,21,22). The zero-order valence-corrected chi connectivity index (χ0v) is 12.3. The lowest BCUT2D eigenvalue weighted by Crippen LogP contribution is -2.22. The van der Waals surface area contributed by atoms with Crippen LogP contribution in [0.2, 0.25) is 0 Å². The molecule has 2 aromatic carbocycles. The van der Waals surface area contributed by atoms with E-state index in [0.29, 0.717) is 12.1 Å². The van der Waals surface area contributed by atoms with Gasteiger partial charge in [-0.3, -0.25) is 4.79 Å². The second-order valence-electron chi connectivity index (χ2n) is 5.05. The van der Waals surface area contributed by atoms with Gasteiger partial charge in [-0.15, -0.1) is 0 Å². The minimum absolute atomic E-state index is 0.0636. The third kappa shape index (κ3) is 3.06. The molecule has 110 valence electrons. The summed E-state index contributed by atoms with van der Waals surface area (Å²) in [5, 5.41) is 8.15. The number of rotatable bonds is 4. The molecule has 4 heteroatoms. The zero-order chi connectivity index (χ0) is 15.4. The number of benzene rings is 2. The number of carbonyl (C=O) groups excluding carboxylic acids is 1. The molecule has 22 heavy (non-hydrogen) atoms. The van der Waals surface area contributed by atoms with Crippen LogP contribution in [0.25, 0.3) is 10.8 Å². The Labute approximate surface area is 129 Å². The van der Waals surface area contributed by atoms with Gasteiger partial charge in [0.2, 0.25) is 0 Å². The summed E-state index contributed by atoms with van der Waals surface area (Å²) in [6, 6.07) is 17.3. The van der Waals surface area contributed by atoms with Crippen LogP contribution >= 0.6 is 0 Å². The van der Waals surface area contributed by atoms with Crippen molar-refractivity contribution in [1.29, 1.82) is 0 Å². The molecule has 0 aliphatic carbocycles. The minimum atomic E-state index is -0.0636. The molecular weight excluding hydrogens is 274 g/mol. The first-order chi connectivity index (χ1) is 10.8. The van der Waals surface area contributed by atoms with E-state index in [1.807, 2.05) is 49.6 Å². The Morgan fingerprint density at radius 2 is 1.86 bits per heavy atom. The molecule has 3 rings (SSSR count). The number of hydrogen-bond acceptors (Lipinski definition) is 3. The van der Waals surface area contributed by atoms with Gasteiger partial charge in [-0.1, -0.05) is 30.3 Å². The van der Waals surface area contributed by atoms with Gasteiger partial charge in [0.05, 0.1) is 0 Å². The Bertz CT molecular complexity index is 800. The van der Waals surface area contributed by atoms with Crippen LogP contribution in [-0.4, -0.2) is 17.9 Å². The molecule has 1 amide bonds. The Hall–Kier alpha value is -2.88. The molecule has 2 N–H and O–H groups in total. The lowest BCUT2D eigenvalue weighted by molar-refractivity contribution is 0.0951. The van der Waals surface area contributed by atoms with Gasteiger partial charge in [0.15, 0.2) is 0 Å². The van der Waals surface area contributed by atoms with Gasteiger partial charge in [-0.25, -0.2) is 4.98 Å². The summed E-state index contributed by atoms with van der Waals surface area (Å²) < 4.78 is 0. The molecule has 0 atom stereocenters. The second kappa shape index (κ2) is 6.26. The molecule has 0 fully saturated rings. The Balaban J connectivity index is 1.75. The summed E-state index contributed by atoms with van der Waals surface area (Å²) >= 11 is 0. The third-order valence-corrected chi connectivity index (χ3v) is 3.53. The van der Waals surface area contributed by atoms with Crippen LogP contribution in [0, 0.1) is 0 Å². The first-order valence-electron chi connectivity index (χ1n) is 7.16. The van der Waals surface area contributed by atoms with E-state index in [-0.39, 0.29) is 5.91 Å². The number of aromatic nitrogens is 1. The summed E-state index contributed by atoms with van der Waals surface area (Å²) in [5.41, 5.74) is 1.73. The van der Waals surface area contributed by atoms with Gasteiger partial charge in [0.1, 0.15) is 5.82 Å². The summed E-state index contributed by atoms with van der Waals surface area (Å²) in [6.07, 6.45) is 1.84. The maximum Gasteiger partial charge on any atom is 0.251 e. The molecular formula is C18H17N3O. The Morgan fingerprint density at radius 1 is 1.05 bits per heavy atom. The van der Waals surface area contributed by atoms with Crippen LogP contribution in [0.5, 0.6) is 0 Å². The predicted octanol–water partition coefficient (Wildman–Crippen LogP) is 3.21. The summed E-state index contributed by atoms with van der Waals surface area (Å²) in [5.74, 6) is 0.768. The highest BCUT2D eigenvalue weighted by Crippen LogP contribution is 2.18. The SMILES string of the molecule is CNc1cc2cc(CNC(=O)c3ccccc3)ccc2cn1. The van der Waals surface area contributed by atoms with Crippen molar-refractivity contribution in [3.05, 3.63) is 71.9 Å². The van der Waals surface area contributed by atoms with Crippen molar-refractivity contribution in [3.63, 3.8) is 0 Å². The van der Waals surface area contributed by atoms with Crippen molar-refractivity contribution in [2.24, 2.45) is 0 Å². The van der Waals surface area contributed by atoms with Crippen LogP contribution in [0.15, 0.2) is 60.8 Å². The van der Waals surface area contributed by atoms with E-state index in [0.717, 1.165) is 22.2 Å². The molecule has 0 radical (unpaired) electrons. The number of anilines is 1. The van der Waals surface area contributed by atoms with E-state index in [4.69, 9.17) is 0 Å². The molecule has 0 saturated carbocycles. The summed E-state index contributed by atoms with van der Waals surface area (Å²) in [6.45, 7) is 0.501. The molecule has 0 unspecified atom stereocenters. The van der Waals surface area contributed by atoms with Gasteiger partial charge in [-0.2, -0.15) is 0 Å². The van der Waals surface area contributed by atoms with E-state index >= 15 is 0 Å². The van der Waals surface area contributed by atoms with Crippen LogP contribution in [0.4, 0.5) is 5.82 Å². The van der Waals surface area contributed by atoms with Crippen molar-refractivity contribution in [1.82, 2.24) is 10.3 Å². The van der Waals surface area contributed by atoms with E-state index in [1.54, 1.807) is 12.1 Å². The normalized spacial score (nSPS) is 10.4. The average molecular weight is 291 g/mol. The van der Waals surface area contributed by atoms with Crippen molar-refractivity contribution >= 4 is 22.5 Å². The van der Waals surface area contributed by atoms with Crippen LogP contribution in [-0.2, 0) is 6.54 Å². The van der Waals surface area contributed by atoms with E-state index in [9.17, 15) is 4.79 Å². The highest BCUT2D eigenvalue weighted by Gasteiger charge is 2.04. The quantitative estimate of drug-likeness (QED) is 0.776. The van der Waals surface area contributed by atoms with E-state index < -0.39 is 0 Å².